The highest BCUT2D eigenvalue weighted by atomic mass is 32.1. The Morgan fingerprint density at radius 1 is 1.19 bits per heavy atom. The highest BCUT2D eigenvalue weighted by molar-refractivity contribution is 7.19. The highest BCUT2D eigenvalue weighted by Crippen LogP contribution is 2.35. The largest absolute Gasteiger partial charge is 0.324 e. The van der Waals surface area contributed by atoms with Gasteiger partial charge in [0.2, 0.25) is 0 Å². The van der Waals surface area contributed by atoms with Crippen LogP contribution in [-0.2, 0) is 12.0 Å². The van der Waals surface area contributed by atoms with Gasteiger partial charge in [-0.1, -0.05) is 36.6 Å². The van der Waals surface area contributed by atoms with E-state index in [9.17, 15) is 0 Å². The van der Waals surface area contributed by atoms with E-state index in [0.717, 1.165) is 20.6 Å². The normalized spacial score (nSPS) is 12.0. The summed E-state index contributed by atoms with van der Waals surface area (Å²) in [5.41, 5.74) is 6.46. The molecular formula is C9H13N5S2. The van der Waals surface area contributed by atoms with Crippen LogP contribution in [0.3, 0.4) is 0 Å². The molecule has 0 radical (unpaired) electrons. The second kappa shape index (κ2) is 4.15. The Labute approximate surface area is 102 Å². The van der Waals surface area contributed by atoms with Crippen LogP contribution in [0.4, 0.5) is 0 Å². The van der Waals surface area contributed by atoms with E-state index in [4.69, 9.17) is 5.73 Å². The van der Waals surface area contributed by atoms with Crippen LogP contribution in [0.1, 0.15) is 31.5 Å². The average Bonchev–Trinajstić information content (AvgIpc) is 2.84. The summed E-state index contributed by atoms with van der Waals surface area (Å²) >= 11 is 2.86. The smallest absolute Gasteiger partial charge is 0.161 e. The first-order valence-electron chi connectivity index (χ1n) is 4.88. The van der Waals surface area contributed by atoms with Gasteiger partial charge in [-0.25, -0.2) is 0 Å². The Kier molecular flexibility index (Phi) is 3.00. The predicted octanol–water partition coefficient (Wildman–Crippen LogP) is 1.81. The van der Waals surface area contributed by atoms with E-state index in [0.29, 0.717) is 6.54 Å². The standard InChI is InChI=1S/C9H13N5S2/c1-9(2,3)7-6(16-14-12-7)8-13-11-5(4-10)15-8/h4,10H2,1-3H3. The lowest BCUT2D eigenvalue weighted by atomic mass is 9.91. The summed E-state index contributed by atoms with van der Waals surface area (Å²) in [7, 11) is 0. The third-order valence-electron chi connectivity index (χ3n) is 2.03. The summed E-state index contributed by atoms with van der Waals surface area (Å²) in [4.78, 5) is 1.00. The van der Waals surface area contributed by atoms with E-state index in [1.54, 1.807) is 0 Å². The molecule has 0 aliphatic carbocycles. The molecule has 0 atom stereocenters. The summed E-state index contributed by atoms with van der Waals surface area (Å²) in [6.45, 7) is 6.75. The minimum absolute atomic E-state index is 0.0309. The molecule has 0 bridgehead atoms. The average molecular weight is 255 g/mol. The van der Waals surface area contributed by atoms with Crippen molar-refractivity contribution in [1.29, 1.82) is 0 Å². The SMILES string of the molecule is CC(C)(C)c1nnsc1-c1nnc(CN)s1. The summed E-state index contributed by atoms with van der Waals surface area (Å²) in [5, 5.41) is 14.0. The molecule has 0 saturated carbocycles. The van der Waals surface area contributed by atoms with E-state index in [1.807, 2.05) is 0 Å². The van der Waals surface area contributed by atoms with Gasteiger partial charge < -0.3 is 5.73 Å². The van der Waals surface area contributed by atoms with E-state index in [2.05, 4.69) is 40.6 Å². The zero-order valence-corrected chi connectivity index (χ0v) is 11.0. The number of hydrogen-bond acceptors (Lipinski definition) is 7. The third-order valence-corrected chi connectivity index (χ3v) is 3.86. The Bertz CT molecular complexity index is 482. The number of nitrogens with zero attached hydrogens (tertiary/aromatic N) is 4. The number of rotatable bonds is 2. The van der Waals surface area contributed by atoms with Crippen molar-refractivity contribution >= 4 is 22.9 Å². The Morgan fingerprint density at radius 2 is 1.94 bits per heavy atom. The maximum atomic E-state index is 5.52. The fraction of sp³-hybridized carbons (Fsp3) is 0.556. The Hall–Kier alpha value is -0.920. The van der Waals surface area contributed by atoms with Gasteiger partial charge in [0, 0.05) is 12.0 Å². The fourth-order valence-corrected chi connectivity index (χ4v) is 2.90. The molecule has 86 valence electrons. The van der Waals surface area contributed by atoms with Crippen molar-refractivity contribution in [2.45, 2.75) is 32.7 Å². The maximum absolute atomic E-state index is 5.52. The van der Waals surface area contributed by atoms with Crippen molar-refractivity contribution < 1.29 is 0 Å². The summed E-state index contributed by atoms with van der Waals surface area (Å²) in [5.74, 6) is 0. The molecule has 2 aromatic heterocycles. The van der Waals surface area contributed by atoms with Crippen LogP contribution in [0.15, 0.2) is 0 Å². The molecule has 0 unspecified atom stereocenters. The number of nitrogens with two attached hydrogens (primary N) is 1. The van der Waals surface area contributed by atoms with Crippen LogP contribution >= 0.6 is 22.9 Å². The molecule has 0 aliphatic heterocycles. The lowest BCUT2D eigenvalue weighted by molar-refractivity contribution is 0.568. The molecule has 0 aliphatic rings. The van der Waals surface area contributed by atoms with E-state index in [1.165, 1.54) is 22.9 Å². The second-order valence-electron chi connectivity index (χ2n) is 4.41. The molecule has 2 N–H and O–H groups in total. The maximum Gasteiger partial charge on any atom is 0.161 e. The van der Waals surface area contributed by atoms with Gasteiger partial charge in [-0.05, 0) is 11.5 Å². The van der Waals surface area contributed by atoms with Gasteiger partial charge >= 0.3 is 0 Å². The Morgan fingerprint density at radius 3 is 2.50 bits per heavy atom. The van der Waals surface area contributed by atoms with Crippen molar-refractivity contribution in [3.63, 3.8) is 0 Å². The van der Waals surface area contributed by atoms with E-state index in [-0.39, 0.29) is 5.41 Å². The van der Waals surface area contributed by atoms with Crippen LogP contribution in [-0.4, -0.2) is 19.8 Å². The van der Waals surface area contributed by atoms with Crippen molar-refractivity contribution in [3.8, 4) is 9.88 Å². The monoisotopic (exact) mass is 255 g/mol. The lowest BCUT2D eigenvalue weighted by Gasteiger charge is -2.15. The molecule has 16 heavy (non-hydrogen) atoms. The molecule has 0 spiro atoms. The van der Waals surface area contributed by atoms with E-state index < -0.39 is 0 Å². The lowest BCUT2D eigenvalue weighted by Crippen LogP contribution is -2.12. The molecule has 5 nitrogen and oxygen atoms in total. The first-order valence-corrected chi connectivity index (χ1v) is 6.47. The third kappa shape index (κ3) is 2.11. The quantitative estimate of drug-likeness (QED) is 0.885. The van der Waals surface area contributed by atoms with Crippen LogP contribution in [0.25, 0.3) is 9.88 Å². The molecular weight excluding hydrogens is 242 g/mol. The molecule has 0 saturated heterocycles. The van der Waals surface area contributed by atoms with Gasteiger partial charge in [0.25, 0.3) is 0 Å². The molecule has 7 heteroatoms. The molecule has 2 aromatic rings. The molecule has 0 amide bonds. The van der Waals surface area contributed by atoms with Crippen molar-refractivity contribution in [2.75, 3.05) is 0 Å². The highest BCUT2D eigenvalue weighted by Gasteiger charge is 2.25. The summed E-state index contributed by atoms with van der Waals surface area (Å²) in [6.07, 6.45) is 0. The molecule has 0 fully saturated rings. The minimum Gasteiger partial charge on any atom is -0.324 e. The topological polar surface area (TPSA) is 77.6 Å². The van der Waals surface area contributed by atoms with Gasteiger partial charge in [0.05, 0.1) is 5.69 Å². The molecule has 2 rings (SSSR count). The van der Waals surface area contributed by atoms with Crippen molar-refractivity contribution in [1.82, 2.24) is 19.8 Å². The van der Waals surface area contributed by atoms with Gasteiger partial charge in [-0.2, -0.15) is 0 Å². The van der Waals surface area contributed by atoms with E-state index >= 15 is 0 Å². The first kappa shape index (κ1) is 11.6. The summed E-state index contributed by atoms with van der Waals surface area (Å²) in [6, 6.07) is 0. The summed E-state index contributed by atoms with van der Waals surface area (Å²) < 4.78 is 4.00. The number of hydrogen-bond donors (Lipinski definition) is 1. The van der Waals surface area contributed by atoms with Crippen molar-refractivity contribution in [3.05, 3.63) is 10.7 Å². The van der Waals surface area contributed by atoms with Gasteiger partial charge in [-0.15, -0.1) is 15.3 Å². The van der Waals surface area contributed by atoms with Gasteiger partial charge in [0.15, 0.2) is 5.01 Å². The van der Waals surface area contributed by atoms with Crippen LogP contribution in [0, 0.1) is 0 Å². The predicted molar refractivity (Wildman–Crippen MR) is 65.4 cm³/mol. The number of aromatic nitrogens is 4. The van der Waals surface area contributed by atoms with Gasteiger partial charge in [-0.3, -0.25) is 0 Å². The van der Waals surface area contributed by atoms with Crippen LogP contribution < -0.4 is 5.73 Å². The fourth-order valence-electron chi connectivity index (χ4n) is 1.25. The molecule has 2 heterocycles. The first-order chi connectivity index (χ1) is 7.52. The van der Waals surface area contributed by atoms with Gasteiger partial charge in [0.1, 0.15) is 9.88 Å². The molecule has 0 aromatic carbocycles. The zero-order valence-electron chi connectivity index (χ0n) is 9.39. The van der Waals surface area contributed by atoms with Crippen LogP contribution in [0.5, 0.6) is 0 Å². The zero-order chi connectivity index (χ0) is 11.8. The van der Waals surface area contributed by atoms with Crippen LogP contribution in [0.2, 0.25) is 0 Å². The van der Waals surface area contributed by atoms with Crippen molar-refractivity contribution in [2.24, 2.45) is 5.73 Å². The minimum atomic E-state index is -0.0309. The second-order valence-corrected chi connectivity index (χ2v) is 6.22. The Balaban J connectivity index is 2.44.